The summed E-state index contributed by atoms with van der Waals surface area (Å²) in [6, 6.07) is 5.71. The fraction of sp³-hybridized carbons (Fsp3) is 0.368. The number of aromatic amines is 1. The van der Waals surface area contributed by atoms with Crippen LogP contribution in [0.5, 0.6) is 5.75 Å². The molecule has 1 N–H and O–H groups in total. The molecule has 1 aromatic carbocycles. The van der Waals surface area contributed by atoms with Crippen molar-refractivity contribution in [3.8, 4) is 5.75 Å². The number of fused-ring (bicyclic) bond motifs is 1. The van der Waals surface area contributed by atoms with E-state index in [4.69, 9.17) is 4.74 Å². The maximum Gasteiger partial charge on any atom is 0.308 e. The van der Waals surface area contributed by atoms with E-state index < -0.39 is 0 Å². The molecule has 0 aliphatic carbocycles. The highest BCUT2D eigenvalue weighted by molar-refractivity contribution is 5.91. The molecule has 5 heteroatoms. The van der Waals surface area contributed by atoms with Crippen LogP contribution in [0.15, 0.2) is 42.8 Å². The second-order valence-corrected chi connectivity index (χ2v) is 5.63. The zero-order valence-electron chi connectivity index (χ0n) is 14.6. The molecule has 0 radical (unpaired) electrons. The van der Waals surface area contributed by atoms with Crippen LogP contribution in [-0.4, -0.2) is 47.7 Å². The first-order valence-electron chi connectivity index (χ1n) is 8.14. The number of nitrogens with one attached hydrogen (secondary N) is 1. The number of nitrogens with zero attached hydrogens (tertiary/aromatic N) is 2. The molecule has 0 atom stereocenters. The van der Waals surface area contributed by atoms with Gasteiger partial charge in [-0.05, 0) is 30.2 Å². The molecule has 0 aliphatic heterocycles. The lowest BCUT2D eigenvalue weighted by Crippen LogP contribution is -2.41. The van der Waals surface area contributed by atoms with Gasteiger partial charge in [0.25, 0.3) is 0 Å². The number of esters is 1. The maximum absolute atomic E-state index is 11.3. The van der Waals surface area contributed by atoms with Crippen molar-refractivity contribution in [2.24, 2.45) is 0 Å². The molecule has 0 saturated carbocycles. The van der Waals surface area contributed by atoms with Crippen molar-refractivity contribution in [1.29, 1.82) is 0 Å². The standard InChI is InChI=1S/C19H25N3O2/c1-5-7-12-21(4)22(6-2)13-11-16-14-20-17-9-8-10-18(19(16)17)24-15(3)23/h7-10,14,20H,1,6,11-13H2,2-4H3. The predicted octanol–water partition coefficient (Wildman–Crippen LogP) is 3.15. The molecular weight excluding hydrogens is 302 g/mol. The van der Waals surface area contributed by atoms with Crippen LogP contribution < -0.4 is 4.74 Å². The van der Waals surface area contributed by atoms with Gasteiger partial charge in [0.05, 0.1) is 0 Å². The number of hydrogen-bond acceptors (Lipinski definition) is 4. The van der Waals surface area contributed by atoms with Gasteiger partial charge in [-0.1, -0.05) is 19.6 Å². The zero-order valence-corrected chi connectivity index (χ0v) is 14.6. The second kappa shape index (κ2) is 8.50. The molecule has 0 spiro atoms. The lowest BCUT2D eigenvalue weighted by molar-refractivity contribution is -0.131. The molecule has 0 amide bonds. The van der Waals surface area contributed by atoms with Crippen molar-refractivity contribution in [3.05, 3.63) is 48.3 Å². The van der Waals surface area contributed by atoms with E-state index >= 15 is 0 Å². The summed E-state index contributed by atoms with van der Waals surface area (Å²) in [5.41, 5.74) is 4.93. The van der Waals surface area contributed by atoms with E-state index in [-0.39, 0.29) is 5.97 Å². The van der Waals surface area contributed by atoms with Gasteiger partial charge in [-0.25, -0.2) is 10.0 Å². The Balaban J connectivity index is 2.17. The van der Waals surface area contributed by atoms with Crippen LogP contribution >= 0.6 is 0 Å². The first-order chi connectivity index (χ1) is 11.6. The fourth-order valence-electron chi connectivity index (χ4n) is 2.79. The van der Waals surface area contributed by atoms with Crippen molar-refractivity contribution < 1.29 is 9.53 Å². The van der Waals surface area contributed by atoms with Crippen LogP contribution in [0.1, 0.15) is 19.4 Å². The van der Waals surface area contributed by atoms with Crippen molar-refractivity contribution in [2.75, 3.05) is 26.7 Å². The van der Waals surface area contributed by atoms with Crippen molar-refractivity contribution >= 4 is 16.9 Å². The van der Waals surface area contributed by atoms with Gasteiger partial charge in [0, 0.05) is 50.7 Å². The Morgan fingerprint density at radius 1 is 1.46 bits per heavy atom. The summed E-state index contributed by atoms with van der Waals surface area (Å²) in [5, 5.41) is 5.40. The van der Waals surface area contributed by atoms with Gasteiger partial charge >= 0.3 is 5.97 Å². The van der Waals surface area contributed by atoms with Crippen LogP contribution in [0.3, 0.4) is 0 Å². The maximum atomic E-state index is 11.3. The number of carbonyl (C=O) groups excluding carboxylic acids is 1. The number of hydrogen-bond donors (Lipinski definition) is 1. The van der Waals surface area contributed by atoms with Crippen molar-refractivity contribution in [1.82, 2.24) is 15.0 Å². The number of rotatable bonds is 8. The lowest BCUT2D eigenvalue weighted by Gasteiger charge is -2.29. The van der Waals surface area contributed by atoms with E-state index in [0.29, 0.717) is 5.75 Å². The molecule has 2 aromatic rings. The summed E-state index contributed by atoms with van der Waals surface area (Å²) in [4.78, 5) is 14.6. The molecule has 2 rings (SSSR count). The highest BCUT2D eigenvalue weighted by atomic mass is 16.5. The monoisotopic (exact) mass is 327 g/mol. The van der Waals surface area contributed by atoms with Crippen LogP contribution in [0.4, 0.5) is 0 Å². The number of hydrazine groups is 1. The Bertz CT molecular complexity index is 744. The van der Waals surface area contributed by atoms with E-state index in [2.05, 4.69) is 41.3 Å². The number of carbonyl (C=O) groups is 1. The highest BCUT2D eigenvalue weighted by Gasteiger charge is 2.13. The first kappa shape index (κ1) is 18.0. The van der Waals surface area contributed by atoms with Gasteiger partial charge in [-0.3, -0.25) is 4.79 Å². The molecule has 1 aromatic heterocycles. The number of likely N-dealkylation sites (N-methyl/N-ethyl adjacent to an activating group) is 2. The van der Waals surface area contributed by atoms with E-state index in [1.54, 1.807) is 0 Å². The zero-order chi connectivity index (χ0) is 17.5. The lowest BCUT2D eigenvalue weighted by atomic mass is 10.1. The van der Waals surface area contributed by atoms with Gasteiger partial charge < -0.3 is 9.72 Å². The third-order valence-corrected chi connectivity index (χ3v) is 3.99. The quantitative estimate of drug-likeness (QED) is 0.350. The average Bonchev–Trinajstić information content (AvgIpc) is 2.97. The Labute approximate surface area is 143 Å². The van der Waals surface area contributed by atoms with E-state index in [1.807, 2.05) is 30.5 Å². The molecular formula is C19H25N3O2. The third-order valence-electron chi connectivity index (χ3n) is 3.99. The van der Waals surface area contributed by atoms with Crippen LogP contribution in [-0.2, 0) is 11.2 Å². The highest BCUT2D eigenvalue weighted by Crippen LogP contribution is 2.29. The van der Waals surface area contributed by atoms with E-state index in [0.717, 1.165) is 42.5 Å². The predicted molar refractivity (Wildman–Crippen MR) is 96.9 cm³/mol. The van der Waals surface area contributed by atoms with Crippen molar-refractivity contribution in [3.63, 3.8) is 0 Å². The molecule has 5 nitrogen and oxygen atoms in total. The Hall–Kier alpha value is -2.33. The molecule has 0 bridgehead atoms. The van der Waals surface area contributed by atoms with Gasteiger partial charge in [0.1, 0.15) is 5.75 Å². The van der Waals surface area contributed by atoms with Gasteiger partial charge in [-0.15, -0.1) is 5.73 Å². The average molecular weight is 327 g/mol. The van der Waals surface area contributed by atoms with Crippen molar-refractivity contribution in [2.45, 2.75) is 20.3 Å². The number of aromatic nitrogens is 1. The molecule has 0 saturated heterocycles. The Morgan fingerprint density at radius 2 is 2.25 bits per heavy atom. The SMILES string of the molecule is C=C=CCN(C)N(CC)CCc1c[nH]c2cccc(OC(C)=O)c12. The largest absolute Gasteiger partial charge is 0.426 e. The van der Waals surface area contributed by atoms with Gasteiger partial charge in [-0.2, -0.15) is 0 Å². The summed E-state index contributed by atoms with van der Waals surface area (Å²) in [6.45, 7) is 9.73. The Kier molecular flexibility index (Phi) is 6.38. The van der Waals surface area contributed by atoms with Crippen LogP contribution in [0.25, 0.3) is 10.9 Å². The summed E-state index contributed by atoms with van der Waals surface area (Å²) < 4.78 is 5.36. The summed E-state index contributed by atoms with van der Waals surface area (Å²) >= 11 is 0. The fourth-order valence-corrected chi connectivity index (χ4v) is 2.79. The molecule has 24 heavy (non-hydrogen) atoms. The van der Waals surface area contributed by atoms with E-state index in [1.165, 1.54) is 6.92 Å². The minimum atomic E-state index is -0.305. The molecule has 1 heterocycles. The summed E-state index contributed by atoms with van der Waals surface area (Å²) in [5.74, 6) is 0.308. The second-order valence-electron chi connectivity index (χ2n) is 5.63. The number of H-pyrrole nitrogens is 1. The molecule has 0 fully saturated rings. The third kappa shape index (κ3) is 4.36. The smallest absolute Gasteiger partial charge is 0.308 e. The minimum absolute atomic E-state index is 0.305. The normalized spacial score (nSPS) is 11.0. The van der Waals surface area contributed by atoms with Crippen LogP contribution in [0, 0.1) is 0 Å². The topological polar surface area (TPSA) is 48.6 Å². The van der Waals surface area contributed by atoms with Gasteiger partial charge in [0.15, 0.2) is 0 Å². The number of ether oxygens (including phenoxy) is 1. The number of benzene rings is 1. The first-order valence-corrected chi connectivity index (χ1v) is 8.14. The summed E-state index contributed by atoms with van der Waals surface area (Å²) in [6.07, 6.45) is 4.76. The summed E-state index contributed by atoms with van der Waals surface area (Å²) in [7, 11) is 2.05. The van der Waals surface area contributed by atoms with E-state index in [9.17, 15) is 4.79 Å². The molecule has 128 valence electrons. The Morgan fingerprint density at radius 3 is 2.92 bits per heavy atom. The minimum Gasteiger partial charge on any atom is -0.426 e. The molecule has 0 aliphatic rings. The molecule has 0 unspecified atom stereocenters. The van der Waals surface area contributed by atoms with Crippen LogP contribution in [0.2, 0.25) is 0 Å². The van der Waals surface area contributed by atoms with Gasteiger partial charge in [0.2, 0.25) is 0 Å².